The molecule has 0 saturated heterocycles. The Morgan fingerprint density at radius 3 is 2.50 bits per heavy atom. The van der Waals surface area contributed by atoms with Crippen molar-refractivity contribution in [2.24, 2.45) is 11.4 Å². The number of nitrogens with zero attached hydrogens (tertiary/aromatic N) is 2. The second-order valence-electron chi connectivity index (χ2n) is 4.84. The van der Waals surface area contributed by atoms with E-state index in [0.29, 0.717) is 9.82 Å². The van der Waals surface area contributed by atoms with Crippen LogP contribution in [0.1, 0.15) is 5.56 Å². The molecule has 0 atom stereocenters. The number of rotatable bonds is 2. The molecule has 0 aliphatic heterocycles. The third kappa shape index (κ3) is 2.58. The first-order valence-corrected chi connectivity index (χ1v) is 9.14. The van der Waals surface area contributed by atoms with Crippen molar-refractivity contribution in [3.05, 3.63) is 57.9 Å². The number of hydrogen-bond acceptors (Lipinski definition) is 3. The Bertz CT molecular complexity index is 1020. The van der Waals surface area contributed by atoms with Crippen molar-refractivity contribution >= 4 is 43.2 Å². The molecular weight excluding hydrogens is 340 g/mol. The fraction of sp³-hybridized carbons (Fsp3) is 0.133. The Labute approximate surface area is 137 Å². The van der Waals surface area contributed by atoms with Gasteiger partial charge in [0.1, 0.15) is 0 Å². The average molecular weight is 353 g/mol. The number of aryl methyl sites for hydroxylation is 2. The topological polar surface area (TPSA) is 51.4 Å². The van der Waals surface area contributed by atoms with E-state index in [0.717, 1.165) is 15.8 Å². The predicted molar refractivity (Wildman–Crippen MR) is 89.7 cm³/mol. The molecule has 7 heteroatoms. The van der Waals surface area contributed by atoms with Gasteiger partial charge >= 0.3 is 0 Å². The highest BCUT2D eigenvalue weighted by atomic mass is 35.5. The van der Waals surface area contributed by atoms with Gasteiger partial charge in [0, 0.05) is 12.1 Å². The molecule has 0 radical (unpaired) electrons. The molecule has 0 spiro atoms. The molecule has 1 heterocycles. The second kappa shape index (κ2) is 5.53. The van der Waals surface area contributed by atoms with Crippen LogP contribution in [0.4, 0.5) is 0 Å². The number of aromatic nitrogens is 1. The fourth-order valence-electron chi connectivity index (χ4n) is 2.24. The van der Waals surface area contributed by atoms with Gasteiger partial charge in [0.2, 0.25) is 4.80 Å². The quantitative estimate of drug-likeness (QED) is 0.708. The molecular formula is C15H13ClN2O2S2. The predicted octanol–water partition coefficient (Wildman–Crippen LogP) is 3.49. The highest BCUT2D eigenvalue weighted by Gasteiger charge is 2.14. The van der Waals surface area contributed by atoms with Crippen molar-refractivity contribution in [2.75, 3.05) is 0 Å². The van der Waals surface area contributed by atoms with Crippen LogP contribution in [0.15, 0.2) is 51.8 Å². The molecule has 4 nitrogen and oxygen atoms in total. The van der Waals surface area contributed by atoms with E-state index in [9.17, 15) is 8.42 Å². The van der Waals surface area contributed by atoms with Gasteiger partial charge in [0.25, 0.3) is 10.0 Å². The highest BCUT2D eigenvalue weighted by molar-refractivity contribution is 7.90. The lowest BCUT2D eigenvalue weighted by atomic mass is 10.2. The normalized spacial score (nSPS) is 13.0. The van der Waals surface area contributed by atoms with Crippen LogP contribution < -0.4 is 4.80 Å². The summed E-state index contributed by atoms with van der Waals surface area (Å²) >= 11 is 7.47. The Hall–Kier alpha value is -1.63. The lowest BCUT2D eigenvalue weighted by Gasteiger charge is -2.02. The summed E-state index contributed by atoms with van der Waals surface area (Å²) in [5, 5.41) is 0.651. The number of fused-ring (bicyclic) bond motifs is 1. The van der Waals surface area contributed by atoms with Crippen LogP contribution in [0.2, 0.25) is 5.02 Å². The molecule has 1 aromatic heterocycles. The van der Waals surface area contributed by atoms with Crippen LogP contribution in [0.25, 0.3) is 10.2 Å². The molecule has 0 aliphatic carbocycles. The summed E-state index contributed by atoms with van der Waals surface area (Å²) < 4.78 is 31.5. The van der Waals surface area contributed by atoms with Gasteiger partial charge in [-0.15, -0.1) is 4.40 Å². The standard InChI is InChI=1S/C15H13ClN2O2S2/c1-10-12(16)8-9-13-14(10)18(2)15(21-13)17-22(19,20)11-6-4-3-5-7-11/h3-9H,1-2H3/b17-15-. The van der Waals surface area contributed by atoms with E-state index in [1.165, 1.54) is 23.5 Å². The van der Waals surface area contributed by atoms with Gasteiger partial charge in [0.05, 0.1) is 15.1 Å². The lowest BCUT2D eigenvalue weighted by Crippen LogP contribution is -2.14. The van der Waals surface area contributed by atoms with Gasteiger partial charge in [0.15, 0.2) is 0 Å². The van der Waals surface area contributed by atoms with Crippen LogP contribution >= 0.6 is 22.9 Å². The summed E-state index contributed by atoms with van der Waals surface area (Å²) in [6.45, 7) is 1.91. The van der Waals surface area contributed by atoms with Gasteiger partial charge in [-0.25, -0.2) is 0 Å². The first kappa shape index (κ1) is 15.3. The minimum Gasteiger partial charge on any atom is -0.319 e. The molecule has 0 unspecified atom stereocenters. The molecule has 0 aliphatic rings. The summed E-state index contributed by atoms with van der Waals surface area (Å²) in [5.41, 5.74) is 1.82. The van der Waals surface area contributed by atoms with E-state index < -0.39 is 10.0 Å². The summed E-state index contributed by atoms with van der Waals surface area (Å²) in [6, 6.07) is 11.9. The number of hydrogen-bond donors (Lipinski definition) is 0. The fourth-order valence-corrected chi connectivity index (χ4v) is 4.72. The third-order valence-corrected chi connectivity index (χ3v) is 6.29. The molecule has 2 aromatic carbocycles. The third-order valence-electron chi connectivity index (χ3n) is 3.39. The zero-order chi connectivity index (χ0) is 15.9. The SMILES string of the molecule is Cc1c(Cl)ccc2s/c(=N\S(=O)(=O)c3ccccc3)n(C)c12. The Kier molecular flexibility index (Phi) is 3.84. The van der Waals surface area contributed by atoms with E-state index >= 15 is 0 Å². The first-order chi connectivity index (χ1) is 10.4. The van der Waals surface area contributed by atoms with E-state index in [1.807, 2.05) is 19.1 Å². The van der Waals surface area contributed by atoms with Crippen molar-refractivity contribution in [1.29, 1.82) is 0 Å². The molecule has 0 bridgehead atoms. The number of benzene rings is 2. The zero-order valence-electron chi connectivity index (χ0n) is 11.9. The van der Waals surface area contributed by atoms with Crippen molar-refractivity contribution in [3.8, 4) is 0 Å². The van der Waals surface area contributed by atoms with Crippen molar-refractivity contribution in [1.82, 2.24) is 4.57 Å². The van der Waals surface area contributed by atoms with Crippen LogP contribution in [-0.4, -0.2) is 13.0 Å². The molecule has 3 aromatic rings. The van der Waals surface area contributed by atoms with Crippen LogP contribution in [0.3, 0.4) is 0 Å². The van der Waals surface area contributed by atoms with Crippen LogP contribution in [0.5, 0.6) is 0 Å². The van der Waals surface area contributed by atoms with Crippen LogP contribution in [-0.2, 0) is 17.1 Å². The van der Waals surface area contributed by atoms with E-state index in [4.69, 9.17) is 11.6 Å². The molecule has 0 saturated carbocycles. The summed E-state index contributed by atoms with van der Waals surface area (Å²) in [4.78, 5) is 0.603. The Morgan fingerprint density at radius 2 is 1.82 bits per heavy atom. The van der Waals surface area contributed by atoms with Gasteiger partial charge in [-0.2, -0.15) is 8.42 Å². The maximum Gasteiger partial charge on any atom is 0.285 e. The highest BCUT2D eigenvalue weighted by Crippen LogP contribution is 2.26. The van der Waals surface area contributed by atoms with Crippen molar-refractivity contribution in [2.45, 2.75) is 11.8 Å². The summed E-state index contributed by atoms with van der Waals surface area (Å²) in [6.07, 6.45) is 0. The number of sulfonamides is 1. The summed E-state index contributed by atoms with van der Waals surface area (Å²) in [7, 11) is -1.93. The maximum absolute atomic E-state index is 12.4. The van der Waals surface area contributed by atoms with E-state index in [1.54, 1.807) is 29.8 Å². The molecule has 0 fully saturated rings. The molecule has 22 heavy (non-hydrogen) atoms. The number of halogens is 1. The molecule has 0 amide bonds. The minimum absolute atomic E-state index is 0.183. The Balaban J connectivity index is 2.27. The maximum atomic E-state index is 12.4. The zero-order valence-corrected chi connectivity index (χ0v) is 14.3. The average Bonchev–Trinajstić information content (AvgIpc) is 2.80. The Morgan fingerprint density at radius 1 is 1.14 bits per heavy atom. The second-order valence-corrected chi connectivity index (χ2v) is 7.86. The molecule has 0 N–H and O–H groups in total. The van der Waals surface area contributed by atoms with Gasteiger partial charge in [-0.05, 0) is 36.8 Å². The van der Waals surface area contributed by atoms with Gasteiger partial charge in [-0.1, -0.05) is 41.1 Å². The smallest absolute Gasteiger partial charge is 0.285 e. The molecule has 3 rings (SSSR count). The van der Waals surface area contributed by atoms with Crippen LogP contribution in [0, 0.1) is 6.92 Å². The van der Waals surface area contributed by atoms with Gasteiger partial charge < -0.3 is 4.57 Å². The van der Waals surface area contributed by atoms with Gasteiger partial charge in [-0.3, -0.25) is 0 Å². The van der Waals surface area contributed by atoms with Crippen molar-refractivity contribution in [3.63, 3.8) is 0 Å². The van der Waals surface area contributed by atoms with Crippen molar-refractivity contribution < 1.29 is 8.42 Å². The largest absolute Gasteiger partial charge is 0.319 e. The minimum atomic E-state index is -3.72. The number of thiazole rings is 1. The lowest BCUT2D eigenvalue weighted by molar-refractivity contribution is 0.596. The molecule has 114 valence electrons. The van der Waals surface area contributed by atoms with E-state index in [-0.39, 0.29) is 4.90 Å². The monoisotopic (exact) mass is 352 g/mol. The summed E-state index contributed by atoms with van der Waals surface area (Å²) in [5.74, 6) is 0. The first-order valence-electron chi connectivity index (χ1n) is 6.51. The van der Waals surface area contributed by atoms with E-state index in [2.05, 4.69) is 4.40 Å².